The highest BCUT2D eigenvalue weighted by molar-refractivity contribution is 5.31. The van der Waals surface area contributed by atoms with E-state index in [1.54, 1.807) is 16.7 Å². The summed E-state index contributed by atoms with van der Waals surface area (Å²) < 4.78 is 0. The van der Waals surface area contributed by atoms with Gasteiger partial charge in [0.25, 0.3) is 0 Å². The molecule has 0 N–H and O–H groups in total. The summed E-state index contributed by atoms with van der Waals surface area (Å²) in [5.41, 5.74) is 6.53. The van der Waals surface area contributed by atoms with Crippen LogP contribution in [0.5, 0.6) is 0 Å². The van der Waals surface area contributed by atoms with Crippen molar-refractivity contribution in [3.8, 4) is 0 Å². The molecule has 0 aromatic carbocycles. The first-order valence-electron chi connectivity index (χ1n) is 11.8. The smallest absolute Gasteiger partial charge is 0.0191 e. The van der Waals surface area contributed by atoms with E-state index in [0.29, 0.717) is 0 Å². The van der Waals surface area contributed by atoms with E-state index in [9.17, 15) is 0 Å². The monoisotopic (exact) mass is 372 g/mol. The quantitative estimate of drug-likeness (QED) is 0.317. The van der Waals surface area contributed by atoms with Crippen LogP contribution in [-0.2, 0) is 0 Å². The largest absolute Gasteiger partial charge is 0.0882 e. The van der Waals surface area contributed by atoms with Gasteiger partial charge in [0.2, 0.25) is 0 Å². The Balaban J connectivity index is 2.78. The molecule has 27 heavy (non-hydrogen) atoms. The molecule has 0 heteroatoms. The third-order valence-corrected chi connectivity index (χ3v) is 7.33. The fourth-order valence-corrected chi connectivity index (χ4v) is 4.83. The van der Waals surface area contributed by atoms with Crippen LogP contribution in [0.1, 0.15) is 107 Å². The van der Waals surface area contributed by atoms with Crippen molar-refractivity contribution in [3.05, 3.63) is 34.4 Å². The van der Waals surface area contributed by atoms with Crippen LogP contribution >= 0.6 is 0 Å². The molecular formula is C27H48. The molecular weight excluding hydrogens is 324 g/mol. The second kappa shape index (κ2) is 11.9. The molecule has 1 fully saturated rings. The van der Waals surface area contributed by atoms with Gasteiger partial charge < -0.3 is 0 Å². The lowest BCUT2D eigenvalue weighted by Crippen LogP contribution is -2.20. The second-order valence-corrected chi connectivity index (χ2v) is 9.67. The van der Waals surface area contributed by atoms with Gasteiger partial charge in [-0.3, -0.25) is 0 Å². The molecule has 1 saturated carbocycles. The second-order valence-electron chi connectivity index (χ2n) is 9.67. The van der Waals surface area contributed by atoms with Crippen molar-refractivity contribution in [3.63, 3.8) is 0 Å². The lowest BCUT2D eigenvalue weighted by Gasteiger charge is -2.33. The van der Waals surface area contributed by atoms with Gasteiger partial charge in [0.1, 0.15) is 0 Å². The zero-order valence-electron chi connectivity index (χ0n) is 20.0. The number of allylic oxidation sites excluding steroid dienone is 6. The maximum Gasteiger partial charge on any atom is -0.0191 e. The van der Waals surface area contributed by atoms with Crippen LogP contribution in [0.3, 0.4) is 0 Å². The van der Waals surface area contributed by atoms with Crippen molar-refractivity contribution >= 4 is 0 Å². The van der Waals surface area contributed by atoms with Gasteiger partial charge in [0.15, 0.2) is 0 Å². The van der Waals surface area contributed by atoms with Crippen LogP contribution < -0.4 is 0 Å². The minimum atomic E-state index is 0.741. The first-order valence-corrected chi connectivity index (χ1v) is 11.8. The number of hydrogen-bond acceptors (Lipinski definition) is 0. The van der Waals surface area contributed by atoms with Crippen molar-refractivity contribution in [1.82, 2.24) is 0 Å². The molecule has 1 aliphatic rings. The Labute approximate surface area is 171 Å². The zero-order chi connectivity index (χ0) is 20.6. The molecule has 0 aromatic heterocycles. The van der Waals surface area contributed by atoms with Crippen LogP contribution in [0.4, 0.5) is 0 Å². The van der Waals surface area contributed by atoms with Crippen LogP contribution in [0.25, 0.3) is 0 Å². The Morgan fingerprint density at radius 3 is 2.22 bits per heavy atom. The number of hydrogen-bond donors (Lipinski definition) is 0. The van der Waals surface area contributed by atoms with E-state index in [4.69, 9.17) is 0 Å². The molecule has 0 amide bonds. The Kier molecular flexibility index (Phi) is 10.7. The summed E-state index contributed by atoms with van der Waals surface area (Å²) in [7, 11) is 0. The molecule has 0 nitrogen and oxygen atoms in total. The first-order chi connectivity index (χ1) is 12.7. The maximum absolute atomic E-state index is 2.55. The Morgan fingerprint density at radius 1 is 1.11 bits per heavy atom. The van der Waals surface area contributed by atoms with Crippen molar-refractivity contribution in [2.75, 3.05) is 0 Å². The minimum Gasteiger partial charge on any atom is -0.0882 e. The van der Waals surface area contributed by atoms with E-state index >= 15 is 0 Å². The highest BCUT2D eigenvalue weighted by Gasteiger charge is 2.27. The number of rotatable bonds is 11. The molecule has 4 atom stereocenters. The molecule has 0 bridgehead atoms. The van der Waals surface area contributed by atoms with Crippen molar-refractivity contribution in [1.29, 1.82) is 0 Å². The lowest BCUT2D eigenvalue weighted by atomic mass is 9.72. The summed E-state index contributed by atoms with van der Waals surface area (Å²) in [6.45, 7) is 21.3. The van der Waals surface area contributed by atoms with Gasteiger partial charge in [-0.05, 0) is 82.5 Å². The molecule has 1 aliphatic carbocycles. The molecule has 0 aromatic rings. The fraction of sp³-hybridized carbons (Fsp3) is 0.778. The van der Waals surface area contributed by atoms with Gasteiger partial charge >= 0.3 is 0 Å². The predicted molar refractivity (Wildman–Crippen MR) is 124 cm³/mol. The maximum atomic E-state index is 2.55. The van der Waals surface area contributed by atoms with Gasteiger partial charge in [0.05, 0.1) is 0 Å². The van der Waals surface area contributed by atoms with E-state index in [1.165, 1.54) is 50.5 Å². The van der Waals surface area contributed by atoms with Crippen molar-refractivity contribution < 1.29 is 0 Å². The molecule has 0 saturated heterocycles. The van der Waals surface area contributed by atoms with E-state index in [0.717, 1.165) is 29.6 Å². The topological polar surface area (TPSA) is 0 Å². The summed E-state index contributed by atoms with van der Waals surface area (Å²) in [6, 6.07) is 0. The molecule has 1 rings (SSSR count). The van der Waals surface area contributed by atoms with Gasteiger partial charge in [0, 0.05) is 0 Å². The molecule has 156 valence electrons. The summed E-state index contributed by atoms with van der Waals surface area (Å²) in [4.78, 5) is 0. The molecule has 0 spiro atoms. The summed E-state index contributed by atoms with van der Waals surface area (Å²) >= 11 is 0. The average Bonchev–Trinajstić information content (AvgIpc) is 2.63. The van der Waals surface area contributed by atoms with Crippen molar-refractivity contribution in [2.24, 2.45) is 29.6 Å². The SMILES string of the molecule is CC=C(CCC)C(C)CC1CCC1=CC(C)=C(C)CC(C(C)C)C(C)CC. The summed E-state index contributed by atoms with van der Waals surface area (Å²) in [5.74, 6) is 3.96. The average molecular weight is 373 g/mol. The highest BCUT2D eigenvalue weighted by atomic mass is 14.3. The van der Waals surface area contributed by atoms with Gasteiger partial charge in [-0.2, -0.15) is 0 Å². The highest BCUT2D eigenvalue weighted by Crippen LogP contribution is 2.41. The normalized spacial score (nSPS) is 23.9. The van der Waals surface area contributed by atoms with Crippen LogP contribution in [0.15, 0.2) is 34.4 Å². The Morgan fingerprint density at radius 2 is 1.78 bits per heavy atom. The Hall–Kier alpha value is -0.780. The minimum absolute atomic E-state index is 0.741. The third-order valence-electron chi connectivity index (χ3n) is 7.33. The molecule has 4 unspecified atom stereocenters. The Bertz CT molecular complexity index is 528. The van der Waals surface area contributed by atoms with Gasteiger partial charge in [-0.25, -0.2) is 0 Å². The van der Waals surface area contributed by atoms with E-state index in [-0.39, 0.29) is 0 Å². The lowest BCUT2D eigenvalue weighted by molar-refractivity contribution is 0.261. The molecule has 0 aliphatic heterocycles. The summed E-state index contributed by atoms with van der Waals surface area (Å²) in [5, 5.41) is 0. The third kappa shape index (κ3) is 7.28. The van der Waals surface area contributed by atoms with Gasteiger partial charge in [-0.1, -0.05) is 88.8 Å². The van der Waals surface area contributed by atoms with Crippen LogP contribution in [-0.4, -0.2) is 0 Å². The van der Waals surface area contributed by atoms with E-state index in [1.807, 2.05) is 0 Å². The molecule has 0 radical (unpaired) electrons. The molecule has 0 heterocycles. The zero-order valence-corrected chi connectivity index (χ0v) is 20.0. The summed E-state index contributed by atoms with van der Waals surface area (Å²) in [6.07, 6.45) is 14.1. The van der Waals surface area contributed by atoms with E-state index in [2.05, 4.69) is 74.5 Å². The van der Waals surface area contributed by atoms with Gasteiger partial charge in [-0.15, -0.1) is 0 Å². The fourth-order valence-electron chi connectivity index (χ4n) is 4.83. The standard InChI is InChI=1S/C27H48/c1-10-13-24(12-3)23(9)17-26-15-14-25(26)16-21(7)22(8)18-27(19(4)5)20(6)11-2/h12,16,19-20,23,26-27H,10-11,13-15,17-18H2,1-9H3. The van der Waals surface area contributed by atoms with Crippen LogP contribution in [0, 0.1) is 29.6 Å². The first kappa shape index (κ1) is 24.3. The van der Waals surface area contributed by atoms with Crippen molar-refractivity contribution in [2.45, 2.75) is 107 Å². The van der Waals surface area contributed by atoms with E-state index < -0.39 is 0 Å². The van der Waals surface area contributed by atoms with Crippen LogP contribution in [0.2, 0.25) is 0 Å². The predicted octanol–water partition coefficient (Wildman–Crippen LogP) is 9.14.